The van der Waals surface area contributed by atoms with Crippen LogP contribution in [0.15, 0.2) is 53.1 Å². The van der Waals surface area contributed by atoms with Crippen LogP contribution in [0.3, 0.4) is 0 Å². The molecule has 1 aliphatic heterocycles. The standard InChI is InChI=1S/C37H53NO12/c1-18(2)14-24(38-22(6)40)31(43)34(45)49-26-16-37(47,35(7,8)28(20(26)4)30(42)21(5)39)32(50-33(44)23-12-10-9-11-13-23)29-19(3)25(41)15-27-36(29,46)17-48-27/h9-14,19,21,24-27,29-32,39,41-43,46-47H,15-17H2,1-8H3,(H,38,40). The van der Waals surface area contributed by atoms with E-state index in [1.54, 1.807) is 59.7 Å². The van der Waals surface area contributed by atoms with Crippen LogP contribution in [-0.2, 0) is 23.8 Å². The van der Waals surface area contributed by atoms with Crippen LogP contribution in [0.4, 0.5) is 0 Å². The molecule has 2 aliphatic carbocycles. The zero-order valence-corrected chi connectivity index (χ0v) is 30.0. The molecule has 3 aliphatic rings. The second kappa shape index (κ2) is 14.8. The zero-order valence-electron chi connectivity index (χ0n) is 30.0. The summed E-state index contributed by atoms with van der Waals surface area (Å²) in [4.78, 5) is 39.3. The average Bonchev–Trinajstić information content (AvgIpc) is 3.03. The summed E-state index contributed by atoms with van der Waals surface area (Å²) >= 11 is 0. The second-order valence-corrected chi connectivity index (χ2v) is 15.0. The van der Waals surface area contributed by atoms with E-state index in [2.05, 4.69) is 5.32 Å². The van der Waals surface area contributed by atoms with E-state index in [0.29, 0.717) is 5.57 Å². The highest BCUT2D eigenvalue weighted by atomic mass is 16.6. The van der Waals surface area contributed by atoms with Crippen molar-refractivity contribution >= 4 is 17.8 Å². The van der Waals surface area contributed by atoms with E-state index in [1.165, 1.54) is 32.1 Å². The third-order valence-electron chi connectivity index (χ3n) is 11.0. The Hall–Kier alpha value is -3.17. The number of esters is 2. The smallest absolute Gasteiger partial charge is 0.338 e. The molecule has 7 N–H and O–H groups in total. The Morgan fingerprint density at radius 3 is 2.20 bits per heavy atom. The van der Waals surface area contributed by atoms with Crippen LogP contribution >= 0.6 is 0 Å². The normalized spacial score (nSPS) is 33.4. The Kier molecular flexibility index (Phi) is 11.7. The molecule has 1 amide bonds. The predicted molar refractivity (Wildman–Crippen MR) is 180 cm³/mol. The van der Waals surface area contributed by atoms with E-state index in [1.807, 2.05) is 0 Å². The number of hydrogen-bond acceptors (Lipinski definition) is 12. The molecule has 0 aromatic heterocycles. The second-order valence-electron chi connectivity index (χ2n) is 15.0. The van der Waals surface area contributed by atoms with Crippen LogP contribution in [0.2, 0.25) is 0 Å². The van der Waals surface area contributed by atoms with Crippen molar-refractivity contribution in [3.8, 4) is 0 Å². The summed E-state index contributed by atoms with van der Waals surface area (Å²) < 4.78 is 17.7. The number of amides is 1. The molecule has 12 unspecified atom stereocenters. The van der Waals surface area contributed by atoms with Crippen molar-refractivity contribution in [2.45, 2.75) is 128 Å². The molecule has 1 saturated carbocycles. The van der Waals surface area contributed by atoms with Crippen molar-refractivity contribution in [2.24, 2.45) is 17.3 Å². The Morgan fingerprint density at radius 2 is 1.68 bits per heavy atom. The van der Waals surface area contributed by atoms with Gasteiger partial charge in [0.2, 0.25) is 5.91 Å². The molecule has 0 spiro atoms. The van der Waals surface area contributed by atoms with Gasteiger partial charge in [-0.05, 0) is 56.9 Å². The molecule has 1 heterocycles. The molecule has 1 saturated heterocycles. The number of aliphatic hydroxyl groups excluding tert-OH is 4. The van der Waals surface area contributed by atoms with Crippen LogP contribution in [0, 0.1) is 17.3 Å². The quantitative estimate of drug-likeness (QED) is 0.129. The van der Waals surface area contributed by atoms with Gasteiger partial charge in [-0.1, -0.05) is 50.6 Å². The number of fused-ring (bicyclic) bond motifs is 1. The van der Waals surface area contributed by atoms with Gasteiger partial charge in [-0.25, -0.2) is 9.59 Å². The summed E-state index contributed by atoms with van der Waals surface area (Å²) in [6.45, 7) is 12.3. The van der Waals surface area contributed by atoms with Crippen molar-refractivity contribution in [2.75, 3.05) is 6.61 Å². The van der Waals surface area contributed by atoms with E-state index in [9.17, 15) is 45.0 Å². The minimum absolute atomic E-state index is 0.0921. The maximum Gasteiger partial charge on any atom is 0.338 e. The van der Waals surface area contributed by atoms with Crippen LogP contribution in [0.25, 0.3) is 0 Å². The minimum atomic E-state index is -2.25. The highest BCUT2D eigenvalue weighted by molar-refractivity contribution is 5.89. The first-order chi connectivity index (χ1) is 23.2. The lowest BCUT2D eigenvalue weighted by atomic mass is 9.52. The fraction of sp³-hybridized carbons (Fsp3) is 0.649. The fourth-order valence-electron chi connectivity index (χ4n) is 8.05. The van der Waals surface area contributed by atoms with Crippen LogP contribution in [0.5, 0.6) is 0 Å². The minimum Gasteiger partial charge on any atom is -0.456 e. The summed E-state index contributed by atoms with van der Waals surface area (Å²) in [7, 11) is 0. The fourth-order valence-corrected chi connectivity index (χ4v) is 8.05. The first-order valence-corrected chi connectivity index (χ1v) is 17.1. The summed E-state index contributed by atoms with van der Waals surface area (Å²) in [6.07, 6.45) is -8.45. The van der Waals surface area contributed by atoms with Gasteiger partial charge in [0.05, 0.1) is 36.5 Å². The SMILES string of the molecule is CC(=O)NC(C=C(C)C)C(O)C(=O)OC1CC(O)(C(OC(=O)c2ccccc2)C2C(C)C(O)CC3OCC32O)C(C)(C)C(C(O)C(C)O)=C1C. The topological polar surface area (TPSA) is 212 Å². The maximum atomic E-state index is 13.8. The molecule has 13 heteroatoms. The number of carbonyl (C=O) groups excluding carboxylic acids is 3. The van der Waals surface area contributed by atoms with Gasteiger partial charge in [0.15, 0.2) is 6.10 Å². The lowest BCUT2D eigenvalue weighted by Gasteiger charge is -2.62. The Balaban J connectivity index is 1.88. The highest BCUT2D eigenvalue weighted by Crippen LogP contribution is 2.57. The number of aliphatic hydroxyl groups is 6. The first-order valence-electron chi connectivity index (χ1n) is 17.1. The first kappa shape index (κ1) is 39.6. The lowest BCUT2D eigenvalue weighted by molar-refractivity contribution is -0.329. The van der Waals surface area contributed by atoms with Gasteiger partial charge in [0, 0.05) is 31.1 Å². The number of allylic oxidation sites excluding steroid dienone is 1. The van der Waals surface area contributed by atoms with Gasteiger partial charge in [-0.2, -0.15) is 0 Å². The number of nitrogens with one attached hydrogen (secondary N) is 1. The maximum absolute atomic E-state index is 13.8. The molecule has 0 bridgehead atoms. The Labute approximate surface area is 292 Å². The van der Waals surface area contributed by atoms with E-state index in [0.717, 1.165) is 0 Å². The number of ether oxygens (including phenoxy) is 3. The highest BCUT2D eigenvalue weighted by Gasteiger charge is 2.69. The number of carbonyl (C=O) groups is 3. The molecule has 0 radical (unpaired) electrons. The van der Waals surface area contributed by atoms with Gasteiger partial charge < -0.3 is 50.2 Å². The number of rotatable bonds is 11. The van der Waals surface area contributed by atoms with Crippen LogP contribution in [-0.4, -0.2) is 115 Å². The van der Waals surface area contributed by atoms with Gasteiger partial charge >= 0.3 is 11.9 Å². The van der Waals surface area contributed by atoms with Gasteiger partial charge in [0.1, 0.15) is 29.5 Å². The largest absolute Gasteiger partial charge is 0.456 e. The number of benzene rings is 1. The monoisotopic (exact) mass is 703 g/mol. The lowest BCUT2D eigenvalue weighted by Crippen LogP contribution is -2.75. The van der Waals surface area contributed by atoms with E-state index < -0.39 is 101 Å². The molecule has 13 nitrogen and oxygen atoms in total. The molecule has 4 rings (SSSR count). The number of hydrogen-bond donors (Lipinski definition) is 7. The summed E-state index contributed by atoms with van der Waals surface area (Å²) in [6, 6.07) is 6.88. The molecule has 12 atom stereocenters. The van der Waals surface area contributed by atoms with Crippen molar-refractivity contribution in [1.82, 2.24) is 5.32 Å². The van der Waals surface area contributed by atoms with Crippen molar-refractivity contribution in [3.05, 3.63) is 58.7 Å². The molecular formula is C37H53NO12. The van der Waals surface area contributed by atoms with Gasteiger partial charge in [0.25, 0.3) is 0 Å². The molecular weight excluding hydrogens is 650 g/mol. The van der Waals surface area contributed by atoms with Crippen molar-refractivity contribution < 1.29 is 59.2 Å². The van der Waals surface area contributed by atoms with Crippen LogP contribution < -0.4 is 5.32 Å². The molecule has 1 aromatic rings. The molecule has 50 heavy (non-hydrogen) atoms. The van der Waals surface area contributed by atoms with E-state index in [4.69, 9.17) is 14.2 Å². The Bertz CT molecular complexity index is 1490. The summed E-state index contributed by atoms with van der Waals surface area (Å²) in [5, 5.41) is 72.1. The van der Waals surface area contributed by atoms with E-state index >= 15 is 0 Å². The average molecular weight is 704 g/mol. The summed E-state index contributed by atoms with van der Waals surface area (Å²) in [5.74, 6) is -4.34. The Morgan fingerprint density at radius 1 is 1.06 bits per heavy atom. The molecule has 278 valence electrons. The predicted octanol–water partition coefficient (Wildman–Crippen LogP) is 1.32. The molecule has 2 fully saturated rings. The van der Waals surface area contributed by atoms with Gasteiger partial charge in [-0.15, -0.1) is 0 Å². The van der Waals surface area contributed by atoms with Crippen molar-refractivity contribution in [3.63, 3.8) is 0 Å². The van der Waals surface area contributed by atoms with Crippen molar-refractivity contribution in [1.29, 1.82) is 0 Å². The molecule has 1 aromatic carbocycles. The van der Waals surface area contributed by atoms with E-state index in [-0.39, 0.29) is 29.7 Å². The summed E-state index contributed by atoms with van der Waals surface area (Å²) in [5.41, 5.74) is -4.20. The van der Waals surface area contributed by atoms with Crippen LogP contribution in [0.1, 0.15) is 78.6 Å². The van der Waals surface area contributed by atoms with Gasteiger partial charge in [-0.3, -0.25) is 4.79 Å². The third kappa shape index (κ3) is 7.27. The zero-order chi connectivity index (χ0) is 37.5. The third-order valence-corrected chi connectivity index (χ3v) is 11.0.